The van der Waals surface area contributed by atoms with Crippen LogP contribution in [-0.2, 0) is 21.2 Å². The standard InChI is InChI=1S/C24H28ClN3O4S/c1-3-23(29)27-22-13-15-28(16-17(22)2)33(31,32)21-10-6-19(7-11-21)24(30)26-14-12-18-4-8-20(25)9-5-18/h3-11,17,22H,1,12-16H2,2H3,(H,26,30)(H,27,29). The van der Waals surface area contributed by atoms with Crippen molar-refractivity contribution in [2.24, 2.45) is 5.92 Å². The Morgan fingerprint density at radius 1 is 1.15 bits per heavy atom. The number of piperidine rings is 1. The van der Waals surface area contributed by atoms with E-state index >= 15 is 0 Å². The van der Waals surface area contributed by atoms with Gasteiger partial charge < -0.3 is 10.6 Å². The number of sulfonamides is 1. The van der Waals surface area contributed by atoms with Gasteiger partial charge in [-0.1, -0.05) is 37.2 Å². The average Bonchev–Trinajstić information content (AvgIpc) is 2.81. The summed E-state index contributed by atoms with van der Waals surface area (Å²) in [5, 5.41) is 6.36. The molecule has 2 N–H and O–H groups in total. The third-order valence-electron chi connectivity index (χ3n) is 5.75. The molecule has 33 heavy (non-hydrogen) atoms. The van der Waals surface area contributed by atoms with Crippen molar-refractivity contribution in [3.8, 4) is 0 Å². The fraction of sp³-hybridized carbons (Fsp3) is 0.333. The van der Waals surface area contributed by atoms with E-state index in [2.05, 4.69) is 17.2 Å². The fourth-order valence-corrected chi connectivity index (χ4v) is 5.46. The number of carbonyl (C=O) groups is 2. The van der Waals surface area contributed by atoms with Crippen molar-refractivity contribution in [3.63, 3.8) is 0 Å². The first-order valence-corrected chi connectivity index (χ1v) is 12.6. The third kappa shape index (κ3) is 6.43. The van der Waals surface area contributed by atoms with Crippen LogP contribution in [0.3, 0.4) is 0 Å². The van der Waals surface area contributed by atoms with Gasteiger partial charge in [0.1, 0.15) is 0 Å². The second-order valence-corrected chi connectivity index (χ2v) is 10.5. The van der Waals surface area contributed by atoms with Crippen molar-refractivity contribution < 1.29 is 18.0 Å². The van der Waals surface area contributed by atoms with Gasteiger partial charge in [-0.15, -0.1) is 0 Å². The molecular formula is C24H28ClN3O4S. The van der Waals surface area contributed by atoms with Gasteiger partial charge in [-0.25, -0.2) is 8.42 Å². The number of nitrogens with zero attached hydrogens (tertiary/aromatic N) is 1. The molecule has 1 aliphatic heterocycles. The number of hydrogen-bond donors (Lipinski definition) is 2. The summed E-state index contributed by atoms with van der Waals surface area (Å²) in [7, 11) is -3.69. The SMILES string of the molecule is C=CC(=O)NC1CCN(S(=O)(=O)c2ccc(C(=O)NCCc3ccc(Cl)cc3)cc2)CC1C. The van der Waals surface area contributed by atoms with Crippen LogP contribution in [0.4, 0.5) is 0 Å². The number of hydrogen-bond acceptors (Lipinski definition) is 4. The van der Waals surface area contributed by atoms with Crippen molar-refractivity contribution in [1.82, 2.24) is 14.9 Å². The van der Waals surface area contributed by atoms with Crippen LogP contribution in [0, 0.1) is 5.92 Å². The summed E-state index contributed by atoms with van der Waals surface area (Å²) >= 11 is 5.87. The molecule has 3 rings (SSSR count). The van der Waals surface area contributed by atoms with E-state index in [9.17, 15) is 18.0 Å². The Bertz CT molecular complexity index is 1100. The van der Waals surface area contributed by atoms with E-state index in [1.54, 1.807) is 12.1 Å². The van der Waals surface area contributed by atoms with Gasteiger partial charge in [0.05, 0.1) is 4.90 Å². The lowest BCUT2D eigenvalue weighted by Crippen LogP contribution is -2.51. The summed E-state index contributed by atoms with van der Waals surface area (Å²) in [6.07, 6.45) is 2.40. The smallest absolute Gasteiger partial charge is 0.251 e. The van der Waals surface area contributed by atoms with Crippen molar-refractivity contribution in [2.45, 2.75) is 30.7 Å². The van der Waals surface area contributed by atoms with Gasteiger partial charge in [-0.2, -0.15) is 4.31 Å². The summed E-state index contributed by atoms with van der Waals surface area (Å²) in [5.74, 6) is -0.561. The predicted molar refractivity (Wildman–Crippen MR) is 129 cm³/mol. The highest BCUT2D eigenvalue weighted by Gasteiger charge is 2.34. The minimum atomic E-state index is -3.69. The van der Waals surface area contributed by atoms with E-state index in [-0.39, 0.29) is 28.7 Å². The Morgan fingerprint density at radius 3 is 2.42 bits per heavy atom. The maximum atomic E-state index is 13.1. The number of carbonyl (C=O) groups excluding carboxylic acids is 2. The average molecular weight is 490 g/mol. The Morgan fingerprint density at radius 2 is 1.82 bits per heavy atom. The van der Waals surface area contributed by atoms with E-state index in [1.807, 2.05) is 19.1 Å². The van der Waals surface area contributed by atoms with Gasteiger partial charge in [0.25, 0.3) is 5.91 Å². The Balaban J connectivity index is 1.57. The molecule has 0 spiro atoms. The quantitative estimate of drug-likeness (QED) is 0.557. The van der Waals surface area contributed by atoms with Crippen molar-refractivity contribution in [3.05, 3.63) is 77.3 Å². The zero-order valence-corrected chi connectivity index (χ0v) is 20.0. The Kier molecular flexibility index (Phi) is 8.29. The van der Waals surface area contributed by atoms with Gasteiger partial charge in [0.2, 0.25) is 15.9 Å². The van der Waals surface area contributed by atoms with Crippen LogP contribution in [0.25, 0.3) is 0 Å². The molecule has 0 radical (unpaired) electrons. The van der Waals surface area contributed by atoms with E-state index in [0.717, 1.165) is 5.56 Å². The highest BCUT2D eigenvalue weighted by Crippen LogP contribution is 2.24. The molecule has 2 amide bonds. The third-order valence-corrected chi connectivity index (χ3v) is 7.88. The lowest BCUT2D eigenvalue weighted by Gasteiger charge is -2.36. The van der Waals surface area contributed by atoms with Crippen LogP contribution in [-0.4, -0.2) is 50.2 Å². The molecule has 2 aromatic rings. The first-order chi connectivity index (χ1) is 15.7. The van der Waals surface area contributed by atoms with Gasteiger partial charge in [-0.3, -0.25) is 9.59 Å². The lowest BCUT2D eigenvalue weighted by molar-refractivity contribution is -0.117. The van der Waals surface area contributed by atoms with Crippen LogP contribution in [0.1, 0.15) is 29.3 Å². The highest BCUT2D eigenvalue weighted by molar-refractivity contribution is 7.89. The van der Waals surface area contributed by atoms with Crippen molar-refractivity contribution >= 4 is 33.4 Å². The summed E-state index contributed by atoms with van der Waals surface area (Å²) in [5.41, 5.74) is 1.45. The predicted octanol–water partition coefficient (Wildman–Crippen LogP) is 3.01. The summed E-state index contributed by atoms with van der Waals surface area (Å²) in [6.45, 7) is 6.42. The molecule has 2 aromatic carbocycles. The number of rotatable bonds is 8. The van der Waals surface area contributed by atoms with Gasteiger partial charge >= 0.3 is 0 Å². The van der Waals surface area contributed by atoms with Gasteiger partial charge in [0, 0.05) is 36.3 Å². The van der Waals surface area contributed by atoms with Crippen LogP contribution in [0.5, 0.6) is 0 Å². The number of halogens is 1. The maximum Gasteiger partial charge on any atom is 0.251 e. The molecular weight excluding hydrogens is 462 g/mol. The second kappa shape index (κ2) is 11.0. The van der Waals surface area contributed by atoms with E-state index in [4.69, 9.17) is 11.6 Å². The fourth-order valence-electron chi connectivity index (χ4n) is 3.78. The molecule has 2 atom stereocenters. The molecule has 1 fully saturated rings. The Labute approximate surface area is 199 Å². The van der Waals surface area contributed by atoms with Crippen LogP contribution in [0.15, 0.2) is 66.1 Å². The molecule has 1 heterocycles. The minimum Gasteiger partial charge on any atom is -0.352 e. The largest absolute Gasteiger partial charge is 0.352 e. The molecule has 176 valence electrons. The molecule has 9 heteroatoms. The van der Waals surface area contributed by atoms with Crippen LogP contribution in [0.2, 0.25) is 5.02 Å². The number of amides is 2. The number of benzene rings is 2. The van der Waals surface area contributed by atoms with Gasteiger partial charge in [-0.05, 0) is 66.8 Å². The first kappa shape index (κ1) is 25.0. The summed E-state index contributed by atoms with van der Waals surface area (Å²) in [6, 6.07) is 13.3. The molecule has 2 unspecified atom stereocenters. The number of nitrogens with one attached hydrogen (secondary N) is 2. The lowest BCUT2D eigenvalue weighted by atomic mass is 9.95. The summed E-state index contributed by atoms with van der Waals surface area (Å²) in [4.78, 5) is 24.1. The van der Waals surface area contributed by atoms with E-state index in [0.29, 0.717) is 43.1 Å². The minimum absolute atomic E-state index is 0.0388. The molecule has 0 aliphatic carbocycles. The monoisotopic (exact) mass is 489 g/mol. The maximum absolute atomic E-state index is 13.1. The molecule has 1 saturated heterocycles. The van der Waals surface area contributed by atoms with Crippen molar-refractivity contribution in [2.75, 3.05) is 19.6 Å². The molecule has 1 aliphatic rings. The van der Waals surface area contributed by atoms with E-state index < -0.39 is 10.0 Å². The normalized spacial score (nSPS) is 19.0. The second-order valence-electron chi connectivity index (χ2n) is 8.10. The zero-order chi connectivity index (χ0) is 24.0. The topological polar surface area (TPSA) is 95.6 Å². The molecule has 0 aromatic heterocycles. The molecule has 7 nitrogen and oxygen atoms in total. The van der Waals surface area contributed by atoms with E-state index in [1.165, 1.54) is 34.6 Å². The van der Waals surface area contributed by atoms with Crippen LogP contribution < -0.4 is 10.6 Å². The molecule has 0 bridgehead atoms. The molecule has 0 saturated carbocycles. The highest BCUT2D eigenvalue weighted by atomic mass is 35.5. The zero-order valence-electron chi connectivity index (χ0n) is 18.5. The van der Waals surface area contributed by atoms with Crippen molar-refractivity contribution in [1.29, 1.82) is 0 Å². The Hall–Kier alpha value is -2.68. The summed E-state index contributed by atoms with van der Waals surface area (Å²) < 4.78 is 27.6. The first-order valence-electron chi connectivity index (χ1n) is 10.8. The van der Waals surface area contributed by atoms with Crippen LogP contribution >= 0.6 is 11.6 Å². The van der Waals surface area contributed by atoms with Gasteiger partial charge in [0.15, 0.2) is 0 Å².